The number of hydrogen-bond donors (Lipinski definition) is 1. The van der Waals surface area contributed by atoms with Gasteiger partial charge in [0.05, 0.1) is 6.33 Å². The lowest BCUT2D eigenvalue weighted by Crippen LogP contribution is -1.97. The summed E-state index contributed by atoms with van der Waals surface area (Å²) >= 11 is 0. The van der Waals surface area contributed by atoms with Gasteiger partial charge in [-0.1, -0.05) is 18.2 Å². The van der Waals surface area contributed by atoms with E-state index in [9.17, 15) is 0 Å². The normalized spacial score (nSPS) is 10.1. The van der Waals surface area contributed by atoms with Crippen molar-refractivity contribution >= 4 is 17.0 Å². The minimum absolute atomic E-state index is 0.630. The SMILES string of the molecule is CCn1cnc2c(NC#Cc3ccccc3)ncnc21. The van der Waals surface area contributed by atoms with Gasteiger partial charge < -0.3 is 4.57 Å². The average Bonchev–Trinajstić information content (AvgIpc) is 2.92. The van der Waals surface area contributed by atoms with Crippen molar-refractivity contribution in [3.05, 3.63) is 48.5 Å². The second kappa shape index (κ2) is 5.41. The molecule has 2 heterocycles. The summed E-state index contributed by atoms with van der Waals surface area (Å²) in [5, 5.41) is 2.99. The molecule has 3 aromatic rings. The molecule has 20 heavy (non-hydrogen) atoms. The molecular weight excluding hydrogens is 250 g/mol. The minimum Gasteiger partial charge on any atom is -0.315 e. The van der Waals surface area contributed by atoms with Crippen molar-refractivity contribution in [2.24, 2.45) is 0 Å². The molecule has 0 fully saturated rings. The summed E-state index contributed by atoms with van der Waals surface area (Å²) < 4.78 is 1.97. The molecule has 5 nitrogen and oxygen atoms in total. The molecule has 0 amide bonds. The molecule has 0 unspecified atom stereocenters. The predicted molar refractivity (Wildman–Crippen MR) is 77.9 cm³/mol. The largest absolute Gasteiger partial charge is 0.315 e. The molecule has 0 aliphatic carbocycles. The van der Waals surface area contributed by atoms with Crippen LogP contribution in [-0.2, 0) is 6.54 Å². The Bertz CT molecular complexity index is 780. The van der Waals surface area contributed by atoms with Crippen LogP contribution in [-0.4, -0.2) is 19.5 Å². The van der Waals surface area contributed by atoms with Crippen molar-refractivity contribution in [1.82, 2.24) is 19.5 Å². The Balaban J connectivity index is 1.89. The number of imidazole rings is 1. The van der Waals surface area contributed by atoms with Crippen molar-refractivity contribution in [2.45, 2.75) is 13.5 Å². The standard InChI is InChI=1S/C15H13N5/c1-2-20-11-19-13-14(17-10-18-15(13)20)16-9-8-12-6-4-3-5-7-12/h3-7,10-11H,2H2,1H3,(H,16,17,18). The van der Waals surface area contributed by atoms with E-state index in [2.05, 4.69) is 32.2 Å². The van der Waals surface area contributed by atoms with Gasteiger partial charge in [0.25, 0.3) is 0 Å². The predicted octanol–water partition coefficient (Wildman–Crippen LogP) is 2.27. The number of aryl methyl sites for hydroxylation is 1. The smallest absolute Gasteiger partial charge is 0.169 e. The lowest BCUT2D eigenvalue weighted by molar-refractivity contribution is 0.777. The number of nitrogens with one attached hydrogen (secondary N) is 1. The van der Waals surface area contributed by atoms with Crippen LogP contribution >= 0.6 is 0 Å². The number of benzene rings is 1. The van der Waals surface area contributed by atoms with Crippen LogP contribution in [0.3, 0.4) is 0 Å². The topological polar surface area (TPSA) is 55.6 Å². The van der Waals surface area contributed by atoms with Crippen molar-refractivity contribution in [1.29, 1.82) is 0 Å². The number of aromatic nitrogens is 4. The second-order valence-corrected chi connectivity index (χ2v) is 4.17. The van der Waals surface area contributed by atoms with Crippen LogP contribution in [0.1, 0.15) is 12.5 Å². The molecule has 0 bridgehead atoms. The van der Waals surface area contributed by atoms with Crippen LogP contribution in [0.4, 0.5) is 5.82 Å². The molecule has 1 N–H and O–H groups in total. The average molecular weight is 263 g/mol. The Kier molecular flexibility index (Phi) is 3.29. The van der Waals surface area contributed by atoms with Gasteiger partial charge >= 0.3 is 0 Å². The summed E-state index contributed by atoms with van der Waals surface area (Å²) in [6, 6.07) is 12.7. The van der Waals surface area contributed by atoms with E-state index in [1.54, 1.807) is 6.33 Å². The fourth-order valence-electron chi connectivity index (χ4n) is 1.89. The van der Waals surface area contributed by atoms with Gasteiger partial charge in [-0.05, 0) is 25.0 Å². The van der Waals surface area contributed by atoms with Crippen LogP contribution in [0.25, 0.3) is 11.2 Å². The zero-order valence-electron chi connectivity index (χ0n) is 11.0. The van der Waals surface area contributed by atoms with Crippen molar-refractivity contribution in [3.8, 4) is 12.0 Å². The highest BCUT2D eigenvalue weighted by Gasteiger charge is 2.07. The Morgan fingerprint density at radius 2 is 2.00 bits per heavy atom. The van der Waals surface area contributed by atoms with E-state index in [1.807, 2.05) is 41.8 Å². The maximum absolute atomic E-state index is 4.32. The number of nitrogens with zero attached hydrogens (tertiary/aromatic N) is 4. The van der Waals surface area contributed by atoms with E-state index in [0.29, 0.717) is 5.82 Å². The maximum atomic E-state index is 4.32. The molecule has 0 saturated carbocycles. The number of hydrogen-bond acceptors (Lipinski definition) is 4. The van der Waals surface area contributed by atoms with Gasteiger partial charge in [-0.15, -0.1) is 0 Å². The first-order valence-electron chi connectivity index (χ1n) is 6.36. The van der Waals surface area contributed by atoms with Crippen molar-refractivity contribution in [3.63, 3.8) is 0 Å². The summed E-state index contributed by atoms with van der Waals surface area (Å²) in [5.74, 6) is 3.65. The van der Waals surface area contributed by atoms with E-state index in [-0.39, 0.29) is 0 Å². The van der Waals surface area contributed by atoms with E-state index < -0.39 is 0 Å². The molecule has 2 aromatic heterocycles. The van der Waals surface area contributed by atoms with Crippen molar-refractivity contribution in [2.75, 3.05) is 5.32 Å². The summed E-state index contributed by atoms with van der Waals surface area (Å²) in [6.45, 7) is 2.87. The fraction of sp³-hybridized carbons (Fsp3) is 0.133. The first-order valence-corrected chi connectivity index (χ1v) is 6.36. The Hall–Kier alpha value is -2.87. The number of anilines is 1. The lowest BCUT2D eigenvalue weighted by Gasteiger charge is -1.99. The molecule has 0 aliphatic heterocycles. The fourth-order valence-corrected chi connectivity index (χ4v) is 1.89. The highest BCUT2D eigenvalue weighted by molar-refractivity contribution is 5.83. The monoisotopic (exact) mass is 263 g/mol. The molecule has 0 atom stereocenters. The molecule has 98 valence electrons. The van der Waals surface area contributed by atoms with Gasteiger partial charge in [0.2, 0.25) is 0 Å². The first-order chi connectivity index (χ1) is 9.88. The Morgan fingerprint density at radius 1 is 1.15 bits per heavy atom. The lowest BCUT2D eigenvalue weighted by atomic mass is 10.2. The van der Waals surface area contributed by atoms with E-state index >= 15 is 0 Å². The minimum atomic E-state index is 0.630. The van der Waals surface area contributed by atoms with Gasteiger partial charge in [0.1, 0.15) is 6.33 Å². The molecule has 0 aliphatic rings. The molecule has 0 radical (unpaired) electrons. The highest BCUT2D eigenvalue weighted by atomic mass is 15.1. The van der Waals surface area contributed by atoms with Crippen LogP contribution in [0.2, 0.25) is 0 Å². The summed E-state index contributed by atoms with van der Waals surface area (Å²) in [6.07, 6.45) is 3.28. The zero-order valence-corrected chi connectivity index (χ0v) is 11.0. The number of fused-ring (bicyclic) bond motifs is 1. The van der Waals surface area contributed by atoms with Crippen LogP contribution < -0.4 is 5.32 Å². The molecule has 0 saturated heterocycles. The second-order valence-electron chi connectivity index (χ2n) is 4.17. The van der Waals surface area contributed by atoms with E-state index in [1.165, 1.54) is 6.33 Å². The molecule has 5 heteroatoms. The van der Waals surface area contributed by atoms with Crippen LogP contribution in [0.15, 0.2) is 43.0 Å². The van der Waals surface area contributed by atoms with Crippen LogP contribution in [0.5, 0.6) is 0 Å². The molecule has 3 rings (SSSR count). The van der Waals surface area contributed by atoms with Crippen LogP contribution in [0, 0.1) is 12.0 Å². The Morgan fingerprint density at radius 3 is 2.80 bits per heavy atom. The number of rotatable bonds is 2. The third-order valence-corrected chi connectivity index (χ3v) is 2.90. The summed E-state index contributed by atoms with van der Waals surface area (Å²) in [4.78, 5) is 12.7. The maximum Gasteiger partial charge on any atom is 0.169 e. The van der Waals surface area contributed by atoms with Gasteiger partial charge in [-0.25, -0.2) is 15.0 Å². The van der Waals surface area contributed by atoms with E-state index in [4.69, 9.17) is 0 Å². The quantitative estimate of drug-likeness (QED) is 0.569. The van der Waals surface area contributed by atoms with Gasteiger partial charge in [-0.2, -0.15) is 0 Å². The highest BCUT2D eigenvalue weighted by Crippen LogP contribution is 2.16. The molecule has 1 aromatic carbocycles. The van der Waals surface area contributed by atoms with Gasteiger partial charge in [0, 0.05) is 18.2 Å². The summed E-state index contributed by atoms with van der Waals surface area (Å²) in [7, 11) is 0. The van der Waals surface area contributed by atoms with Crippen molar-refractivity contribution < 1.29 is 0 Å². The Labute approximate surface area is 116 Å². The molecule has 0 spiro atoms. The van der Waals surface area contributed by atoms with Gasteiger partial charge in [-0.3, -0.25) is 5.32 Å². The zero-order chi connectivity index (χ0) is 13.8. The molecular formula is C15H13N5. The third-order valence-electron chi connectivity index (χ3n) is 2.90. The first kappa shape index (κ1) is 12.2. The van der Waals surface area contributed by atoms with Gasteiger partial charge in [0.15, 0.2) is 17.0 Å². The summed E-state index contributed by atoms with van der Waals surface area (Å²) in [5.41, 5.74) is 2.49. The third kappa shape index (κ3) is 2.31. The van der Waals surface area contributed by atoms with E-state index in [0.717, 1.165) is 23.3 Å².